The fourth-order valence-electron chi connectivity index (χ4n) is 2.29. The van der Waals surface area contributed by atoms with Gasteiger partial charge in [-0.1, -0.05) is 30.3 Å². The van der Waals surface area contributed by atoms with E-state index in [2.05, 4.69) is 5.32 Å². The summed E-state index contributed by atoms with van der Waals surface area (Å²) < 4.78 is 9.38. The van der Waals surface area contributed by atoms with Crippen LogP contribution in [0.2, 0.25) is 0 Å². The Kier molecular flexibility index (Phi) is 7.43. The monoisotopic (exact) mass is 387 g/mol. The minimum atomic E-state index is -0.609. The molecule has 0 aliphatic carbocycles. The molecule has 2 aromatic rings. The van der Waals surface area contributed by atoms with Gasteiger partial charge >= 0.3 is 11.9 Å². The number of methoxy groups -OCH3 is 2. The molecule has 6 nitrogen and oxygen atoms in total. The Morgan fingerprint density at radius 2 is 1.52 bits per heavy atom. The molecule has 0 saturated heterocycles. The van der Waals surface area contributed by atoms with Crippen molar-refractivity contribution in [1.82, 2.24) is 0 Å². The predicted octanol–water partition coefficient (Wildman–Crippen LogP) is 3.52. The van der Waals surface area contributed by atoms with E-state index >= 15 is 0 Å². The van der Waals surface area contributed by atoms with Gasteiger partial charge in [0.05, 0.1) is 30.6 Å². The summed E-state index contributed by atoms with van der Waals surface area (Å²) in [6.07, 6.45) is 0. The fraction of sp³-hybridized carbons (Fsp3) is 0.250. The molecule has 1 atom stereocenters. The zero-order valence-electron chi connectivity index (χ0n) is 15.4. The molecule has 0 aliphatic heterocycles. The van der Waals surface area contributed by atoms with E-state index in [0.29, 0.717) is 11.4 Å². The first-order chi connectivity index (χ1) is 12.9. The number of rotatable bonds is 7. The summed E-state index contributed by atoms with van der Waals surface area (Å²) >= 11 is 1.49. The van der Waals surface area contributed by atoms with Crippen LogP contribution >= 0.6 is 11.8 Å². The summed E-state index contributed by atoms with van der Waals surface area (Å²) in [6.45, 7) is 1.80. The van der Waals surface area contributed by atoms with E-state index in [0.717, 1.165) is 5.56 Å². The molecule has 0 spiro atoms. The normalized spacial score (nSPS) is 11.4. The molecule has 7 heteroatoms. The number of thioether (sulfide) groups is 1. The Bertz CT molecular complexity index is 788. The third-order valence-electron chi connectivity index (χ3n) is 3.75. The molecule has 1 N–H and O–H groups in total. The van der Waals surface area contributed by atoms with Crippen LogP contribution in [0.25, 0.3) is 0 Å². The van der Waals surface area contributed by atoms with Gasteiger partial charge in [-0.25, -0.2) is 9.59 Å². The molecule has 0 saturated carbocycles. The van der Waals surface area contributed by atoms with Crippen LogP contribution in [0.3, 0.4) is 0 Å². The van der Waals surface area contributed by atoms with Crippen LogP contribution in [0.15, 0.2) is 48.5 Å². The summed E-state index contributed by atoms with van der Waals surface area (Å²) in [6, 6.07) is 14.1. The van der Waals surface area contributed by atoms with Crippen molar-refractivity contribution >= 4 is 35.3 Å². The largest absolute Gasteiger partial charge is 0.465 e. The maximum absolute atomic E-state index is 12.5. The maximum Gasteiger partial charge on any atom is 0.337 e. The third kappa shape index (κ3) is 5.86. The Morgan fingerprint density at radius 1 is 0.963 bits per heavy atom. The van der Waals surface area contributed by atoms with Gasteiger partial charge in [0.1, 0.15) is 0 Å². The molecule has 27 heavy (non-hydrogen) atoms. The highest BCUT2D eigenvalue weighted by atomic mass is 32.2. The maximum atomic E-state index is 12.5. The van der Waals surface area contributed by atoms with Crippen LogP contribution < -0.4 is 5.32 Å². The van der Waals surface area contributed by atoms with Gasteiger partial charge in [0.25, 0.3) is 0 Å². The number of hydrogen-bond acceptors (Lipinski definition) is 6. The molecule has 0 aromatic heterocycles. The molecule has 1 unspecified atom stereocenters. The van der Waals surface area contributed by atoms with E-state index in [1.807, 2.05) is 30.3 Å². The van der Waals surface area contributed by atoms with Crippen LogP contribution in [0, 0.1) is 0 Å². The van der Waals surface area contributed by atoms with Crippen molar-refractivity contribution in [3.63, 3.8) is 0 Å². The summed E-state index contributed by atoms with van der Waals surface area (Å²) in [5, 5.41) is 2.42. The standard InChI is InChI=1S/C20H21NO5S/c1-13(27-12-14-7-5-4-6-8-14)18(22)21-17-10-15(19(23)25-2)9-16(11-17)20(24)26-3/h4-11,13H,12H2,1-3H3,(H,21,22). The summed E-state index contributed by atoms with van der Waals surface area (Å²) in [5.41, 5.74) is 1.76. The number of benzene rings is 2. The van der Waals surface area contributed by atoms with Gasteiger partial charge in [0, 0.05) is 11.4 Å². The molecule has 0 bridgehead atoms. The molecule has 0 heterocycles. The van der Waals surface area contributed by atoms with Crippen molar-refractivity contribution in [3.8, 4) is 0 Å². The highest BCUT2D eigenvalue weighted by molar-refractivity contribution is 7.99. The van der Waals surface area contributed by atoms with Gasteiger partial charge in [-0.2, -0.15) is 0 Å². The van der Waals surface area contributed by atoms with Crippen LogP contribution in [-0.2, 0) is 20.0 Å². The van der Waals surface area contributed by atoms with Crippen molar-refractivity contribution in [2.45, 2.75) is 17.9 Å². The van der Waals surface area contributed by atoms with Gasteiger partial charge in [0.2, 0.25) is 5.91 Å². The predicted molar refractivity (Wildman–Crippen MR) is 105 cm³/mol. The molecule has 0 radical (unpaired) electrons. The Balaban J connectivity index is 2.10. The van der Waals surface area contributed by atoms with Crippen molar-refractivity contribution < 1.29 is 23.9 Å². The Labute approximate surface area is 162 Å². The van der Waals surface area contributed by atoms with Gasteiger partial charge < -0.3 is 14.8 Å². The van der Waals surface area contributed by atoms with Crippen molar-refractivity contribution in [1.29, 1.82) is 0 Å². The first-order valence-corrected chi connectivity index (χ1v) is 9.27. The van der Waals surface area contributed by atoms with Crippen LogP contribution in [0.1, 0.15) is 33.2 Å². The summed E-state index contributed by atoms with van der Waals surface area (Å²) in [7, 11) is 2.49. The molecular formula is C20H21NO5S. The van der Waals surface area contributed by atoms with Crippen molar-refractivity contribution in [2.24, 2.45) is 0 Å². The zero-order chi connectivity index (χ0) is 19.8. The smallest absolute Gasteiger partial charge is 0.337 e. The number of carbonyl (C=O) groups excluding carboxylic acids is 3. The number of hydrogen-bond donors (Lipinski definition) is 1. The van der Waals surface area contributed by atoms with Crippen LogP contribution in [0.5, 0.6) is 0 Å². The Morgan fingerprint density at radius 3 is 2.04 bits per heavy atom. The van der Waals surface area contributed by atoms with Gasteiger partial charge in [-0.05, 0) is 30.7 Å². The molecular weight excluding hydrogens is 366 g/mol. The van der Waals surface area contributed by atoms with Crippen LogP contribution in [-0.4, -0.2) is 37.3 Å². The quantitative estimate of drug-likeness (QED) is 0.732. The molecule has 2 rings (SSSR count). The van der Waals surface area contributed by atoms with Crippen molar-refractivity contribution in [3.05, 3.63) is 65.2 Å². The average Bonchev–Trinajstić information content (AvgIpc) is 2.71. The van der Waals surface area contributed by atoms with Gasteiger partial charge in [-0.15, -0.1) is 11.8 Å². The second kappa shape index (κ2) is 9.78. The molecule has 1 amide bonds. The SMILES string of the molecule is COC(=O)c1cc(NC(=O)C(C)SCc2ccccc2)cc(C(=O)OC)c1. The summed E-state index contributed by atoms with van der Waals surface area (Å²) in [4.78, 5) is 36.1. The lowest BCUT2D eigenvalue weighted by Crippen LogP contribution is -2.23. The minimum absolute atomic E-state index is 0.153. The summed E-state index contributed by atoms with van der Waals surface area (Å²) in [5.74, 6) is -0.746. The third-order valence-corrected chi connectivity index (χ3v) is 4.97. The number of carbonyl (C=O) groups is 3. The fourth-order valence-corrected chi connectivity index (χ4v) is 3.13. The Hall–Kier alpha value is -2.80. The lowest BCUT2D eigenvalue weighted by atomic mass is 10.1. The highest BCUT2D eigenvalue weighted by Gasteiger charge is 2.18. The highest BCUT2D eigenvalue weighted by Crippen LogP contribution is 2.21. The van der Waals surface area contributed by atoms with Gasteiger partial charge in [-0.3, -0.25) is 4.79 Å². The first-order valence-electron chi connectivity index (χ1n) is 8.22. The zero-order valence-corrected chi connectivity index (χ0v) is 16.2. The minimum Gasteiger partial charge on any atom is -0.465 e. The number of ether oxygens (including phenoxy) is 2. The molecule has 0 fully saturated rings. The van der Waals surface area contributed by atoms with Gasteiger partial charge in [0.15, 0.2) is 0 Å². The van der Waals surface area contributed by atoms with E-state index < -0.39 is 11.9 Å². The van der Waals surface area contributed by atoms with E-state index in [4.69, 9.17) is 9.47 Å². The van der Waals surface area contributed by atoms with E-state index in [1.54, 1.807) is 6.92 Å². The van der Waals surface area contributed by atoms with E-state index in [-0.39, 0.29) is 22.3 Å². The first kappa shape index (κ1) is 20.5. The molecule has 2 aromatic carbocycles. The topological polar surface area (TPSA) is 81.7 Å². The molecule has 142 valence electrons. The second-order valence-corrected chi connectivity index (χ2v) is 7.04. The number of anilines is 1. The van der Waals surface area contributed by atoms with Crippen molar-refractivity contribution in [2.75, 3.05) is 19.5 Å². The lowest BCUT2D eigenvalue weighted by molar-refractivity contribution is -0.115. The molecule has 0 aliphatic rings. The number of nitrogens with one attached hydrogen (secondary N) is 1. The van der Waals surface area contributed by atoms with E-state index in [1.165, 1.54) is 44.2 Å². The lowest BCUT2D eigenvalue weighted by Gasteiger charge is -2.13. The van der Waals surface area contributed by atoms with E-state index in [9.17, 15) is 14.4 Å². The average molecular weight is 387 g/mol. The van der Waals surface area contributed by atoms with Crippen LogP contribution in [0.4, 0.5) is 5.69 Å². The number of amides is 1. The second-order valence-electron chi connectivity index (χ2n) is 5.71. The number of esters is 2.